The first-order valence-electron chi connectivity index (χ1n) is 5.50. The van der Waals surface area contributed by atoms with Gasteiger partial charge in [0.1, 0.15) is 6.79 Å². The maximum atomic E-state index is 11.8. The molecule has 3 nitrogen and oxygen atoms in total. The summed E-state index contributed by atoms with van der Waals surface area (Å²) in [5.41, 5.74) is 0.560. The van der Waals surface area contributed by atoms with Crippen LogP contribution in [0.2, 0.25) is 0 Å². The van der Waals surface area contributed by atoms with Crippen LogP contribution in [-0.2, 0) is 14.3 Å². The Bertz CT molecular complexity index is 401. The maximum Gasteiger partial charge on any atom is 0.454 e. The zero-order valence-electron chi connectivity index (χ0n) is 10.0. The number of carbonyl (C=O) groups excluding carboxylic acids is 1. The quantitative estimate of drug-likeness (QED) is 0.778. The predicted molar refractivity (Wildman–Crippen MR) is 63.3 cm³/mol. The van der Waals surface area contributed by atoms with Gasteiger partial charge in [-0.3, -0.25) is 4.79 Å². The summed E-state index contributed by atoms with van der Waals surface area (Å²) in [7, 11) is 0. The summed E-state index contributed by atoms with van der Waals surface area (Å²) in [6, 6.07) is 8.32. The third kappa shape index (κ3) is 6.73. The molecule has 0 amide bonds. The van der Waals surface area contributed by atoms with Crippen LogP contribution < -0.4 is 0 Å². The van der Waals surface area contributed by atoms with Crippen LogP contribution in [0.5, 0.6) is 0 Å². The van der Waals surface area contributed by atoms with Crippen molar-refractivity contribution in [1.82, 2.24) is 0 Å². The lowest BCUT2D eigenvalue weighted by Crippen LogP contribution is -2.19. The van der Waals surface area contributed by atoms with E-state index in [9.17, 15) is 18.0 Å². The van der Waals surface area contributed by atoms with E-state index in [0.717, 1.165) is 19.3 Å². The number of alkyl halides is 3. The number of hydrogen-bond donors (Lipinski definition) is 0. The number of ether oxygens (including phenoxy) is 2. The number of allylic oxidation sites excluding steroid dienone is 1. The normalized spacial score (nSPS) is 15.1. The molecule has 0 spiro atoms. The van der Waals surface area contributed by atoms with E-state index in [2.05, 4.69) is 0 Å². The van der Waals surface area contributed by atoms with Crippen LogP contribution in [0.1, 0.15) is 5.56 Å². The summed E-state index contributed by atoms with van der Waals surface area (Å²) in [5, 5.41) is 0. The first kappa shape index (κ1) is 15.4. The lowest BCUT2D eigenvalue weighted by Gasteiger charge is -1.98. The molecule has 1 fully saturated rings. The lowest BCUT2D eigenvalue weighted by molar-refractivity contribution is -0.165. The molecule has 1 aromatic rings. The molecule has 2 rings (SSSR count). The third-order valence-corrected chi connectivity index (χ3v) is 2.04. The molecular formula is C13H13F3O3. The lowest BCUT2D eigenvalue weighted by atomic mass is 10.2. The highest BCUT2D eigenvalue weighted by molar-refractivity contribution is 5.97. The molecular weight excluding hydrogens is 261 g/mol. The summed E-state index contributed by atoms with van der Waals surface area (Å²) in [6.45, 7) is 2.06. The summed E-state index contributed by atoms with van der Waals surface area (Å²) in [5.74, 6) is -1.85. The van der Waals surface area contributed by atoms with Crippen molar-refractivity contribution in [2.75, 3.05) is 20.0 Å². The van der Waals surface area contributed by atoms with Crippen molar-refractivity contribution in [2.24, 2.45) is 0 Å². The van der Waals surface area contributed by atoms with Crippen LogP contribution in [0.3, 0.4) is 0 Å². The Balaban J connectivity index is 0.000000300. The molecule has 0 N–H and O–H groups in total. The third-order valence-electron chi connectivity index (χ3n) is 2.04. The van der Waals surface area contributed by atoms with Crippen molar-refractivity contribution in [1.29, 1.82) is 0 Å². The first-order valence-corrected chi connectivity index (χ1v) is 5.50. The van der Waals surface area contributed by atoms with Crippen LogP contribution in [-0.4, -0.2) is 32.0 Å². The topological polar surface area (TPSA) is 35.5 Å². The largest absolute Gasteiger partial charge is 0.454 e. The van der Waals surface area contributed by atoms with Crippen LogP contribution in [0, 0.1) is 0 Å². The highest BCUT2D eigenvalue weighted by atomic mass is 19.4. The van der Waals surface area contributed by atoms with E-state index in [4.69, 9.17) is 9.47 Å². The van der Waals surface area contributed by atoms with Crippen molar-refractivity contribution in [3.05, 3.63) is 42.0 Å². The Morgan fingerprint density at radius 1 is 1.11 bits per heavy atom. The van der Waals surface area contributed by atoms with E-state index in [1.165, 1.54) is 0 Å². The van der Waals surface area contributed by atoms with Crippen LogP contribution in [0.25, 0.3) is 6.08 Å². The minimum Gasteiger partial charge on any atom is -0.353 e. The zero-order valence-corrected chi connectivity index (χ0v) is 10.0. The van der Waals surface area contributed by atoms with E-state index in [1.54, 1.807) is 30.3 Å². The smallest absolute Gasteiger partial charge is 0.353 e. The maximum absolute atomic E-state index is 11.8. The summed E-state index contributed by atoms with van der Waals surface area (Å²) >= 11 is 0. The summed E-state index contributed by atoms with van der Waals surface area (Å²) in [6.07, 6.45) is -3.13. The average molecular weight is 274 g/mol. The molecule has 6 heteroatoms. The summed E-state index contributed by atoms with van der Waals surface area (Å²) in [4.78, 5) is 10.4. The molecule has 0 atom stereocenters. The number of rotatable bonds is 2. The van der Waals surface area contributed by atoms with Gasteiger partial charge >= 0.3 is 6.18 Å². The molecule has 104 valence electrons. The Kier molecular flexibility index (Phi) is 6.24. The predicted octanol–water partition coefficient (Wildman–Crippen LogP) is 2.82. The fraction of sp³-hybridized carbons (Fsp3) is 0.308. The van der Waals surface area contributed by atoms with E-state index in [-0.39, 0.29) is 0 Å². The number of ketones is 1. The molecule has 1 aromatic carbocycles. The van der Waals surface area contributed by atoms with Gasteiger partial charge < -0.3 is 9.47 Å². The Hall–Kier alpha value is -1.66. The number of halogens is 3. The van der Waals surface area contributed by atoms with E-state index in [0.29, 0.717) is 18.4 Å². The zero-order chi connectivity index (χ0) is 14.1. The molecule has 0 aromatic heterocycles. The number of hydrogen-bond acceptors (Lipinski definition) is 3. The van der Waals surface area contributed by atoms with Gasteiger partial charge in [-0.1, -0.05) is 36.4 Å². The van der Waals surface area contributed by atoms with Gasteiger partial charge in [0.25, 0.3) is 5.78 Å². The van der Waals surface area contributed by atoms with E-state index < -0.39 is 12.0 Å². The monoisotopic (exact) mass is 274 g/mol. The molecule has 19 heavy (non-hydrogen) atoms. The SMILES string of the molecule is C1COCO1.O=C(/C=C/c1ccccc1)C(F)(F)F. The highest BCUT2D eigenvalue weighted by Crippen LogP contribution is 2.17. The van der Waals surface area contributed by atoms with Crippen molar-refractivity contribution in [3.63, 3.8) is 0 Å². The molecule has 0 aliphatic carbocycles. The fourth-order valence-corrected chi connectivity index (χ4v) is 1.13. The molecule has 1 aliphatic heterocycles. The van der Waals surface area contributed by atoms with Crippen LogP contribution >= 0.6 is 0 Å². The molecule has 0 radical (unpaired) electrons. The van der Waals surface area contributed by atoms with E-state index >= 15 is 0 Å². The summed E-state index contributed by atoms with van der Waals surface area (Å²) < 4.78 is 44.7. The van der Waals surface area contributed by atoms with Crippen LogP contribution in [0.15, 0.2) is 36.4 Å². The second kappa shape index (κ2) is 7.70. The van der Waals surface area contributed by atoms with Gasteiger partial charge in [-0.15, -0.1) is 0 Å². The van der Waals surface area contributed by atoms with E-state index in [1.807, 2.05) is 0 Å². The molecule has 0 bridgehead atoms. The van der Waals surface area contributed by atoms with Gasteiger partial charge in [0.15, 0.2) is 0 Å². The minimum atomic E-state index is -4.79. The van der Waals surface area contributed by atoms with Crippen molar-refractivity contribution in [2.45, 2.75) is 6.18 Å². The number of benzene rings is 1. The van der Waals surface area contributed by atoms with Crippen molar-refractivity contribution < 1.29 is 27.4 Å². The Morgan fingerprint density at radius 2 is 1.68 bits per heavy atom. The molecule has 1 aliphatic rings. The van der Waals surface area contributed by atoms with Gasteiger partial charge in [-0.2, -0.15) is 13.2 Å². The van der Waals surface area contributed by atoms with Crippen molar-refractivity contribution in [3.8, 4) is 0 Å². The molecule has 0 saturated carbocycles. The molecule has 1 heterocycles. The van der Waals surface area contributed by atoms with Gasteiger partial charge in [-0.25, -0.2) is 0 Å². The molecule has 0 unspecified atom stereocenters. The molecule has 1 saturated heterocycles. The Morgan fingerprint density at radius 3 is 2.11 bits per heavy atom. The first-order chi connectivity index (χ1) is 9.00. The number of carbonyl (C=O) groups is 1. The second-order valence-corrected chi connectivity index (χ2v) is 3.54. The van der Waals surface area contributed by atoms with Gasteiger partial charge in [0.2, 0.25) is 0 Å². The van der Waals surface area contributed by atoms with Crippen LogP contribution in [0.4, 0.5) is 13.2 Å². The Labute approximate surface area is 108 Å². The standard InChI is InChI=1S/C10H7F3O.C3H6O2/c11-10(12,13)9(14)7-6-8-4-2-1-3-5-8;1-2-5-3-4-1/h1-7H;1-3H2/b7-6+;. The van der Waals surface area contributed by atoms with Gasteiger partial charge in [0.05, 0.1) is 13.2 Å². The van der Waals surface area contributed by atoms with Gasteiger partial charge in [0, 0.05) is 0 Å². The van der Waals surface area contributed by atoms with Gasteiger partial charge in [-0.05, 0) is 11.6 Å². The minimum absolute atomic E-state index is 0.500. The fourth-order valence-electron chi connectivity index (χ4n) is 1.13. The van der Waals surface area contributed by atoms with Crippen molar-refractivity contribution >= 4 is 11.9 Å². The highest BCUT2D eigenvalue weighted by Gasteiger charge is 2.35. The average Bonchev–Trinajstić information content (AvgIpc) is 2.95. The second-order valence-electron chi connectivity index (χ2n) is 3.54.